The minimum Gasteiger partial charge on any atom is -0.444 e. The van der Waals surface area contributed by atoms with Crippen LogP contribution in [0.25, 0.3) is 0 Å². The summed E-state index contributed by atoms with van der Waals surface area (Å²) in [6.45, 7) is 12.9. The van der Waals surface area contributed by atoms with Crippen LogP contribution in [0.15, 0.2) is 18.3 Å². The van der Waals surface area contributed by atoms with Crippen molar-refractivity contribution in [2.75, 3.05) is 31.1 Å². The third kappa shape index (κ3) is 7.55. The van der Waals surface area contributed by atoms with Crippen LogP contribution in [0.3, 0.4) is 0 Å². The number of hydrogen-bond acceptors (Lipinski definition) is 5. The molecule has 0 radical (unpaired) electrons. The van der Waals surface area contributed by atoms with Gasteiger partial charge >= 0.3 is 6.09 Å². The van der Waals surface area contributed by atoms with E-state index in [1.807, 2.05) is 33.0 Å². The molecule has 0 bridgehead atoms. The molecule has 2 heterocycles. The van der Waals surface area contributed by atoms with E-state index in [1.54, 1.807) is 4.90 Å². The maximum Gasteiger partial charge on any atom is 0.410 e. The fraction of sp³-hybridized carbons (Fsp3) is 0.682. The average molecular weight is 405 g/mol. The highest BCUT2D eigenvalue weighted by molar-refractivity contribution is 5.76. The SMILES string of the molecule is CCN(CC)c1cc(CCC(=O)NC2CCN(C(=O)OC(C)(C)C)CC2)ccn1. The topological polar surface area (TPSA) is 74.8 Å². The number of piperidine rings is 1. The van der Waals surface area contributed by atoms with Crippen LogP contribution in [0, 0.1) is 0 Å². The normalized spacial score (nSPS) is 15.1. The monoisotopic (exact) mass is 404 g/mol. The van der Waals surface area contributed by atoms with Gasteiger partial charge in [0.05, 0.1) is 0 Å². The minimum absolute atomic E-state index is 0.0573. The van der Waals surface area contributed by atoms with Crippen LogP contribution in [-0.2, 0) is 16.0 Å². The molecule has 7 heteroatoms. The molecule has 162 valence electrons. The Kier molecular flexibility index (Phi) is 8.29. The Hall–Kier alpha value is -2.31. The second-order valence-corrected chi connectivity index (χ2v) is 8.50. The van der Waals surface area contributed by atoms with Crippen LogP contribution in [0.5, 0.6) is 0 Å². The zero-order valence-corrected chi connectivity index (χ0v) is 18.5. The molecule has 1 aliphatic heterocycles. The third-order valence-corrected chi connectivity index (χ3v) is 5.05. The fourth-order valence-corrected chi connectivity index (χ4v) is 3.43. The van der Waals surface area contributed by atoms with Gasteiger partial charge < -0.3 is 19.9 Å². The number of amides is 2. The molecule has 1 aromatic heterocycles. The lowest BCUT2D eigenvalue weighted by Gasteiger charge is -2.33. The van der Waals surface area contributed by atoms with Gasteiger partial charge in [-0.05, 0) is 71.6 Å². The largest absolute Gasteiger partial charge is 0.444 e. The van der Waals surface area contributed by atoms with E-state index in [1.165, 1.54) is 0 Å². The molecule has 0 aromatic carbocycles. The van der Waals surface area contributed by atoms with Crippen LogP contribution >= 0.6 is 0 Å². The van der Waals surface area contributed by atoms with Gasteiger partial charge in [0, 0.05) is 44.8 Å². The Morgan fingerprint density at radius 1 is 1.24 bits per heavy atom. The van der Waals surface area contributed by atoms with E-state index in [2.05, 4.69) is 35.1 Å². The van der Waals surface area contributed by atoms with Crippen molar-refractivity contribution in [3.8, 4) is 0 Å². The fourth-order valence-electron chi connectivity index (χ4n) is 3.43. The third-order valence-electron chi connectivity index (χ3n) is 5.05. The predicted octanol–water partition coefficient (Wildman–Crippen LogP) is 3.38. The minimum atomic E-state index is -0.486. The maximum absolute atomic E-state index is 12.4. The Balaban J connectivity index is 1.75. The number of anilines is 1. The zero-order valence-electron chi connectivity index (χ0n) is 18.5. The molecule has 0 spiro atoms. The molecular formula is C22H36N4O3. The lowest BCUT2D eigenvalue weighted by molar-refractivity contribution is -0.122. The van der Waals surface area contributed by atoms with Crippen molar-refractivity contribution in [3.05, 3.63) is 23.9 Å². The predicted molar refractivity (Wildman–Crippen MR) is 115 cm³/mol. The first kappa shape index (κ1) is 23.0. The summed E-state index contributed by atoms with van der Waals surface area (Å²) in [4.78, 5) is 32.9. The number of rotatable bonds is 7. The van der Waals surface area contributed by atoms with Crippen LogP contribution in [0.1, 0.15) is 59.4 Å². The van der Waals surface area contributed by atoms with E-state index in [4.69, 9.17) is 4.74 Å². The summed E-state index contributed by atoms with van der Waals surface area (Å²) in [7, 11) is 0. The number of carbonyl (C=O) groups excluding carboxylic acids is 2. The van der Waals surface area contributed by atoms with Gasteiger partial charge in [-0.1, -0.05) is 0 Å². The summed E-state index contributed by atoms with van der Waals surface area (Å²) in [5.74, 6) is 1.02. The highest BCUT2D eigenvalue weighted by Crippen LogP contribution is 2.16. The van der Waals surface area contributed by atoms with Crippen LogP contribution in [0.4, 0.5) is 10.6 Å². The van der Waals surface area contributed by atoms with Gasteiger partial charge in [-0.15, -0.1) is 0 Å². The van der Waals surface area contributed by atoms with E-state index in [0.717, 1.165) is 37.3 Å². The van der Waals surface area contributed by atoms with Crippen molar-refractivity contribution in [2.45, 2.75) is 71.9 Å². The molecule has 1 saturated heterocycles. The molecule has 0 aliphatic carbocycles. The summed E-state index contributed by atoms with van der Waals surface area (Å²) in [5.41, 5.74) is 0.636. The first-order valence-corrected chi connectivity index (χ1v) is 10.7. The molecule has 2 rings (SSSR count). The van der Waals surface area contributed by atoms with E-state index >= 15 is 0 Å². The van der Waals surface area contributed by atoms with E-state index < -0.39 is 5.60 Å². The van der Waals surface area contributed by atoms with E-state index in [-0.39, 0.29) is 18.0 Å². The van der Waals surface area contributed by atoms with Crippen molar-refractivity contribution in [2.24, 2.45) is 0 Å². The molecule has 1 N–H and O–H groups in total. The highest BCUT2D eigenvalue weighted by atomic mass is 16.6. The van der Waals surface area contributed by atoms with Crippen LogP contribution in [0.2, 0.25) is 0 Å². The number of hydrogen-bond donors (Lipinski definition) is 1. The summed E-state index contributed by atoms with van der Waals surface area (Å²) in [5, 5.41) is 3.11. The molecule has 1 aromatic rings. The highest BCUT2D eigenvalue weighted by Gasteiger charge is 2.27. The second kappa shape index (κ2) is 10.5. The lowest BCUT2D eigenvalue weighted by atomic mass is 10.0. The van der Waals surface area contributed by atoms with Crippen molar-refractivity contribution in [1.29, 1.82) is 0 Å². The maximum atomic E-state index is 12.4. The number of nitrogens with zero attached hydrogens (tertiary/aromatic N) is 3. The molecule has 1 aliphatic rings. The van der Waals surface area contributed by atoms with E-state index in [0.29, 0.717) is 25.9 Å². The Morgan fingerprint density at radius 2 is 1.90 bits per heavy atom. The Bertz CT molecular complexity index is 675. The molecule has 0 unspecified atom stereocenters. The van der Waals surface area contributed by atoms with Crippen molar-refractivity contribution in [3.63, 3.8) is 0 Å². The Morgan fingerprint density at radius 3 is 2.48 bits per heavy atom. The molecule has 7 nitrogen and oxygen atoms in total. The van der Waals surface area contributed by atoms with Gasteiger partial charge in [-0.3, -0.25) is 4.79 Å². The smallest absolute Gasteiger partial charge is 0.410 e. The molecule has 2 amide bonds. The van der Waals surface area contributed by atoms with Gasteiger partial charge in [0.1, 0.15) is 11.4 Å². The quantitative estimate of drug-likeness (QED) is 0.754. The summed E-state index contributed by atoms with van der Waals surface area (Å²) >= 11 is 0. The van der Waals surface area contributed by atoms with Crippen molar-refractivity contribution >= 4 is 17.8 Å². The van der Waals surface area contributed by atoms with Gasteiger partial charge in [-0.25, -0.2) is 9.78 Å². The van der Waals surface area contributed by atoms with Crippen LogP contribution < -0.4 is 10.2 Å². The summed E-state index contributed by atoms with van der Waals surface area (Å²) < 4.78 is 5.41. The van der Waals surface area contributed by atoms with E-state index in [9.17, 15) is 9.59 Å². The number of likely N-dealkylation sites (tertiary alicyclic amines) is 1. The zero-order chi connectivity index (χ0) is 21.4. The number of ether oxygens (including phenoxy) is 1. The first-order valence-electron chi connectivity index (χ1n) is 10.7. The molecular weight excluding hydrogens is 368 g/mol. The van der Waals surface area contributed by atoms with Crippen molar-refractivity contribution < 1.29 is 14.3 Å². The average Bonchev–Trinajstić information content (AvgIpc) is 2.67. The standard InChI is InChI=1S/C22H36N4O3/c1-6-25(7-2)19-16-17(10-13-23-19)8-9-20(27)24-18-11-14-26(15-12-18)21(28)29-22(3,4)5/h10,13,16,18H,6-9,11-12,14-15H2,1-5H3,(H,24,27). The number of carbonyl (C=O) groups is 2. The first-order chi connectivity index (χ1) is 13.7. The summed E-state index contributed by atoms with van der Waals surface area (Å²) in [6, 6.07) is 4.16. The van der Waals surface area contributed by atoms with Gasteiger partial charge in [0.15, 0.2) is 0 Å². The molecule has 29 heavy (non-hydrogen) atoms. The molecule has 0 atom stereocenters. The van der Waals surface area contributed by atoms with Crippen molar-refractivity contribution in [1.82, 2.24) is 15.2 Å². The van der Waals surface area contributed by atoms with Gasteiger partial charge in [-0.2, -0.15) is 0 Å². The summed E-state index contributed by atoms with van der Waals surface area (Å²) in [6.07, 6.45) is 4.20. The van der Waals surface area contributed by atoms with Gasteiger partial charge in [0.2, 0.25) is 5.91 Å². The second-order valence-electron chi connectivity index (χ2n) is 8.50. The lowest BCUT2D eigenvalue weighted by Crippen LogP contribution is -2.47. The number of aromatic nitrogens is 1. The van der Waals surface area contributed by atoms with Crippen LogP contribution in [-0.4, -0.2) is 59.7 Å². The molecule has 0 saturated carbocycles. The number of pyridine rings is 1. The molecule has 1 fully saturated rings. The number of nitrogens with one attached hydrogen (secondary N) is 1. The number of aryl methyl sites for hydroxylation is 1. The Labute approximate surface area is 174 Å². The van der Waals surface area contributed by atoms with Gasteiger partial charge in [0.25, 0.3) is 0 Å².